The molecular formula is C17H21N5O3. The number of ether oxygens (including phenoxy) is 1. The topological polar surface area (TPSA) is 114 Å². The predicted molar refractivity (Wildman–Crippen MR) is 90.0 cm³/mol. The molecule has 0 spiro atoms. The SMILES string of the molecule is Cc1[nH]ncc1C(=O)N1CCOC[C@H](Cc2cccc(C(N)=O)n2)C1. The van der Waals surface area contributed by atoms with E-state index in [9.17, 15) is 9.59 Å². The van der Waals surface area contributed by atoms with Gasteiger partial charge in [-0.2, -0.15) is 5.10 Å². The maximum Gasteiger partial charge on any atom is 0.267 e. The van der Waals surface area contributed by atoms with Crippen LogP contribution in [0, 0.1) is 12.8 Å². The number of aryl methyl sites for hydroxylation is 1. The highest BCUT2D eigenvalue weighted by Gasteiger charge is 2.25. The van der Waals surface area contributed by atoms with Gasteiger partial charge in [0.1, 0.15) is 5.69 Å². The van der Waals surface area contributed by atoms with Crippen molar-refractivity contribution in [2.45, 2.75) is 13.3 Å². The monoisotopic (exact) mass is 343 g/mol. The minimum Gasteiger partial charge on any atom is -0.379 e. The van der Waals surface area contributed by atoms with E-state index in [1.54, 1.807) is 23.2 Å². The van der Waals surface area contributed by atoms with E-state index in [-0.39, 0.29) is 17.5 Å². The van der Waals surface area contributed by atoms with Gasteiger partial charge >= 0.3 is 0 Å². The Morgan fingerprint density at radius 2 is 2.28 bits per heavy atom. The van der Waals surface area contributed by atoms with Crippen molar-refractivity contribution in [2.24, 2.45) is 11.7 Å². The number of pyridine rings is 1. The first-order valence-corrected chi connectivity index (χ1v) is 8.17. The molecule has 2 aromatic rings. The number of nitrogens with zero attached hydrogens (tertiary/aromatic N) is 3. The summed E-state index contributed by atoms with van der Waals surface area (Å²) in [6, 6.07) is 5.20. The van der Waals surface area contributed by atoms with Crippen LogP contribution in [0.5, 0.6) is 0 Å². The molecule has 0 aromatic carbocycles. The van der Waals surface area contributed by atoms with E-state index in [0.29, 0.717) is 38.3 Å². The van der Waals surface area contributed by atoms with Crippen LogP contribution in [-0.2, 0) is 11.2 Å². The number of primary amides is 1. The van der Waals surface area contributed by atoms with Gasteiger partial charge in [-0.05, 0) is 25.5 Å². The fourth-order valence-corrected chi connectivity index (χ4v) is 2.95. The summed E-state index contributed by atoms with van der Waals surface area (Å²) in [4.78, 5) is 30.1. The standard InChI is InChI=1S/C17H21N5O3/c1-11-14(8-19-21-11)17(24)22-5-6-25-10-12(9-22)7-13-3-2-4-15(20-13)16(18)23/h2-4,8,12H,5-7,9-10H2,1H3,(H2,18,23)(H,19,21)/t12-/m1/s1. The molecule has 2 aromatic heterocycles. The summed E-state index contributed by atoms with van der Waals surface area (Å²) < 4.78 is 5.65. The van der Waals surface area contributed by atoms with E-state index in [2.05, 4.69) is 15.2 Å². The molecule has 3 N–H and O–H groups in total. The van der Waals surface area contributed by atoms with Gasteiger partial charge < -0.3 is 15.4 Å². The van der Waals surface area contributed by atoms with Crippen LogP contribution in [0.15, 0.2) is 24.4 Å². The molecule has 132 valence electrons. The number of aromatic amines is 1. The first-order chi connectivity index (χ1) is 12.0. The van der Waals surface area contributed by atoms with Gasteiger partial charge in [-0.3, -0.25) is 14.7 Å². The largest absolute Gasteiger partial charge is 0.379 e. The van der Waals surface area contributed by atoms with Gasteiger partial charge in [0.05, 0.1) is 25.0 Å². The minimum absolute atomic E-state index is 0.0550. The molecule has 8 nitrogen and oxygen atoms in total. The Labute approximate surface area is 145 Å². The Kier molecular flexibility index (Phi) is 5.08. The Bertz CT molecular complexity index is 773. The third kappa shape index (κ3) is 4.03. The lowest BCUT2D eigenvalue weighted by Crippen LogP contribution is -2.36. The normalized spacial score (nSPS) is 18.0. The van der Waals surface area contributed by atoms with E-state index in [1.165, 1.54) is 0 Å². The first-order valence-electron chi connectivity index (χ1n) is 8.17. The predicted octanol–water partition coefficient (Wildman–Crippen LogP) is 0.543. The molecule has 0 unspecified atom stereocenters. The summed E-state index contributed by atoms with van der Waals surface area (Å²) in [6.07, 6.45) is 2.16. The molecule has 1 atom stereocenters. The van der Waals surface area contributed by atoms with Crippen LogP contribution in [0.2, 0.25) is 0 Å². The van der Waals surface area contributed by atoms with E-state index in [1.807, 2.05) is 13.0 Å². The third-order valence-electron chi connectivity index (χ3n) is 4.24. The average Bonchev–Trinajstić information content (AvgIpc) is 2.88. The van der Waals surface area contributed by atoms with Crippen molar-refractivity contribution in [3.05, 3.63) is 47.0 Å². The lowest BCUT2D eigenvalue weighted by atomic mass is 10.0. The van der Waals surface area contributed by atoms with Gasteiger partial charge in [-0.15, -0.1) is 0 Å². The molecule has 0 radical (unpaired) electrons. The highest BCUT2D eigenvalue weighted by molar-refractivity contribution is 5.95. The van der Waals surface area contributed by atoms with Crippen molar-refractivity contribution >= 4 is 11.8 Å². The number of H-pyrrole nitrogens is 1. The van der Waals surface area contributed by atoms with Gasteiger partial charge in [0.25, 0.3) is 11.8 Å². The third-order valence-corrected chi connectivity index (χ3v) is 4.24. The maximum absolute atomic E-state index is 12.7. The van der Waals surface area contributed by atoms with Crippen LogP contribution in [0.25, 0.3) is 0 Å². The fraction of sp³-hybridized carbons (Fsp3) is 0.412. The van der Waals surface area contributed by atoms with Crippen molar-refractivity contribution in [2.75, 3.05) is 26.3 Å². The van der Waals surface area contributed by atoms with Crippen LogP contribution in [0.3, 0.4) is 0 Å². The Balaban J connectivity index is 1.72. The smallest absolute Gasteiger partial charge is 0.267 e. The van der Waals surface area contributed by atoms with Gasteiger partial charge in [-0.1, -0.05) is 6.07 Å². The average molecular weight is 343 g/mol. The minimum atomic E-state index is -0.550. The van der Waals surface area contributed by atoms with Gasteiger partial charge in [0.15, 0.2) is 0 Å². The summed E-state index contributed by atoms with van der Waals surface area (Å²) in [7, 11) is 0. The van der Waals surface area contributed by atoms with Crippen molar-refractivity contribution in [3.63, 3.8) is 0 Å². The lowest BCUT2D eigenvalue weighted by molar-refractivity contribution is 0.0736. The highest BCUT2D eigenvalue weighted by atomic mass is 16.5. The second kappa shape index (κ2) is 7.43. The van der Waals surface area contributed by atoms with Crippen molar-refractivity contribution < 1.29 is 14.3 Å². The quantitative estimate of drug-likeness (QED) is 0.841. The first kappa shape index (κ1) is 17.1. The zero-order valence-electron chi connectivity index (χ0n) is 14.1. The Morgan fingerprint density at radius 3 is 3.00 bits per heavy atom. The van der Waals surface area contributed by atoms with Crippen LogP contribution in [0.1, 0.15) is 32.2 Å². The number of amides is 2. The van der Waals surface area contributed by atoms with Gasteiger partial charge in [0, 0.05) is 30.4 Å². The summed E-state index contributed by atoms with van der Waals surface area (Å²) >= 11 is 0. The van der Waals surface area contributed by atoms with E-state index >= 15 is 0 Å². The zero-order valence-corrected chi connectivity index (χ0v) is 14.1. The van der Waals surface area contributed by atoms with E-state index in [0.717, 1.165) is 11.4 Å². The van der Waals surface area contributed by atoms with Gasteiger partial charge in [0.2, 0.25) is 0 Å². The molecule has 0 bridgehead atoms. The van der Waals surface area contributed by atoms with Crippen molar-refractivity contribution in [3.8, 4) is 0 Å². The number of hydrogen-bond donors (Lipinski definition) is 2. The van der Waals surface area contributed by atoms with Crippen LogP contribution >= 0.6 is 0 Å². The number of carbonyl (C=O) groups excluding carboxylic acids is 2. The number of hydrogen-bond acceptors (Lipinski definition) is 5. The number of aromatic nitrogens is 3. The summed E-state index contributed by atoms with van der Waals surface area (Å²) in [5, 5.41) is 6.71. The number of nitrogens with two attached hydrogens (primary N) is 1. The second-order valence-electron chi connectivity index (χ2n) is 6.18. The molecule has 1 fully saturated rings. The highest BCUT2D eigenvalue weighted by Crippen LogP contribution is 2.16. The molecule has 1 saturated heterocycles. The van der Waals surface area contributed by atoms with E-state index in [4.69, 9.17) is 10.5 Å². The summed E-state index contributed by atoms with van der Waals surface area (Å²) in [5.74, 6) is -0.513. The van der Waals surface area contributed by atoms with Gasteiger partial charge in [-0.25, -0.2) is 4.98 Å². The Morgan fingerprint density at radius 1 is 1.44 bits per heavy atom. The summed E-state index contributed by atoms with van der Waals surface area (Å²) in [6.45, 7) is 3.95. The van der Waals surface area contributed by atoms with Crippen LogP contribution < -0.4 is 5.73 Å². The van der Waals surface area contributed by atoms with Crippen LogP contribution in [-0.4, -0.2) is 58.2 Å². The molecule has 0 aliphatic carbocycles. The molecule has 8 heteroatoms. The maximum atomic E-state index is 12.7. The molecule has 2 amide bonds. The molecule has 0 saturated carbocycles. The fourth-order valence-electron chi connectivity index (χ4n) is 2.95. The number of nitrogens with one attached hydrogen (secondary N) is 1. The lowest BCUT2D eigenvalue weighted by Gasteiger charge is -2.23. The zero-order chi connectivity index (χ0) is 17.8. The number of carbonyl (C=O) groups is 2. The summed E-state index contributed by atoms with van der Waals surface area (Å²) in [5.41, 5.74) is 7.62. The Hall–Kier alpha value is -2.74. The second-order valence-corrected chi connectivity index (χ2v) is 6.18. The molecule has 25 heavy (non-hydrogen) atoms. The molecule has 3 rings (SSSR count). The number of rotatable bonds is 4. The van der Waals surface area contributed by atoms with E-state index < -0.39 is 5.91 Å². The van der Waals surface area contributed by atoms with Crippen LogP contribution in [0.4, 0.5) is 0 Å². The molecule has 1 aliphatic rings. The van der Waals surface area contributed by atoms with Crippen molar-refractivity contribution in [1.29, 1.82) is 0 Å². The van der Waals surface area contributed by atoms with Crippen molar-refractivity contribution in [1.82, 2.24) is 20.1 Å². The molecular weight excluding hydrogens is 322 g/mol. The molecule has 3 heterocycles. The molecule has 1 aliphatic heterocycles.